The van der Waals surface area contributed by atoms with Crippen molar-refractivity contribution in [3.63, 3.8) is 0 Å². The SMILES string of the molecule is CCOCCOc1cccc(NC(=S)NC(=O)c2ccc(OCC(C)C)cc2)c1. The molecule has 2 rings (SSSR count). The van der Waals surface area contributed by atoms with Crippen LogP contribution in [0.5, 0.6) is 11.5 Å². The summed E-state index contributed by atoms with van der Waals surface area (Å²) in [7, 11) is 0. The fraction of sp³-hybridized carbons (Fsp3) is 0.364. The van der Waals surface area contributed by atoms with E-state index in [2.05, 4.69) is 24.5 Å². The van der Waals surface area contributed by atoms with Crippen LogP contribution in [0.25, 0.3) is 0 Å². The Labute approximate surface area is 177 Å². The molecule has 2 aromatic rings. The van der Waals surface area contributed by atoms with Crippen LogP contribution in [0, 0.1) is 5.92 Å². The molecule has 0 aliphatic carbocycles. The van der Waals surface area contributed by atoms with E-state index in [1.165, 1.54) is 0 Å². The number of carbonyl (C=O) groups excluding carboxylic acids is 1. The average molecular weight is 417 g/mol. The highest BCUT2D eigenvalue weighted by molar-refractivity contribution is 7.80. The van der Waals surface area contributed by atoms with Gasteiger partial charge in [0.2, 0.25) is 0 Å². The molecule has 0 unspecified atom stereocenters. The van der Waals surface area contributed by atoms with Gasteiger partial charge in [-0.3, -0.25) is 10.1 Å². The van der Waals surface area contributed by atoms with E-state index in [1.54, 1.807) is 24.3 Å². The third kappa shape index (κ3) is 8.50. The summed E-state index contributed by atoms with van der Waals surface area (Å²) in [4.78, 5) is 12.4. The van der Waals surface area contributed by atoms with Crippen molar-refractivity contribution in [3.8, 4) is 11.5 Å². The first kappa shape index (κ1) is 22.6. The molecule has 0 radical (unpaired) electrons. The van der Waals surface area contributed by atoms with Gasteiger partial charge in [-0.25, -0.2) is 0 Å². The van der Waals surface area contributed by atoms with Crippen molar-refractivity contribution < 1.29 is 19.0 Å². The Balaban J connectivity index is 1.84. The number of carbonyl (C=O) groups is 1. The zero-order valence-corrected chi connectivity index (χ0v) is 17.9. The van der Waals surface area contributed by atoms with Gasteiger partial charge in [-0.15, -0.1) is 0 Å². The van der Waals surface area contributed by atoms with Gasteiger partial charge in [-0.05, 0) is 61.5 Å². The van der Waals surface area contributed by atoms with E-state index >= 15 is 0 Å². The molecule has 0 aromatic heterocycles. The molecule has 2 aromatic carbocycles. The normalized spacial score (nSPS) is 10.5. The molecule has 2 N–H and O–H groups in total. The Morgan fingerprint density at radius 3 is 2.48 bits per heavy atom. The van der Waals surface area contributed by atoms with Gasteiger partial charge in [0, 0.05) is 23.9 Å². The third-order valence-corrected chi connectivity index (χ3v) is 3.92. The van der Waals surface area contributed by atoms with Crippen LogP contribution in [0.15, 0.2) is 48.5 Å². The molecule has 0 aliphatic heterocycles. The summed E-state index contributed by atoms with van der Waals surface area (Å²) in [5, 5.41) is 5.88. The number of hydrogen-bond donors (Lipinski definition) is 2. The first-order valence-electron chi connectivity index (χ1n) is 9.63. The van der Waals surface area contributed by atoms with Crippen molar-refractivity contribution >= 4 is 28.9 Å². The number of anilines is 1. The molecule has 29 heavy (non-hydrogen) atoms. The summed E-state index contributed by atoms with van der Waals surface area (Å²) in [5.41, 5.74) is 1.22. The van der Waals surface area contributed by atoms with Crippen LogP contribution in [0.4, 0.5) is 5.69 Å². The molecule has 0 saturated carbocycles. The summed E-state index contributed by atoms with van der Waals surface area (Å²) in [6, 6.07) is 14.3. The minimum atomic E-state index is -0.290. The van der Waals surface area contributed by atoms with Crippen molar-refractivity contribution in [1.29, 1.82) is 0 Å². The highest BCUT2D eigenvalue weighted by Gasteiger charge is 2.09. The van der Waals surface area contributed by atoms with Crippen LogP contribution in [0.1, 0.15) is 31.1 Å². The van der Waals surface area contributed by atoms with Gasteiger partial charge in [0.1, 0.15) is 18.1 Å². The molecule has 0 atom stereocenters. The molecule has 7 heteroatoms. The maximum atomic E-state index is 12.4. The highest BCUT2D eigenvalue weighted by Crippen LogP contribution is 2.17. The second-order valence-electron chi connectivity index (χ2n) is 6.71. The fourth-order valence-corrected chi connectivity index (χ4v) is 2.54. The molecule has 0 bridgehead atoms. The summed E-state index contributed by atoms with van der Waals surface area (Å²) in [6.45, 7) is 8.39. The lowest BCUT2D eigenvalue weighted by Crippen LogP contribution is -2.34. The van der Waals surface area contributed by atoms with Gasteiger partial charge >= 0.3 is 0 Å². The Morgan fingerprint density at radius 2 is 1.79 bits per heavy atom. The van der Waals surface area contributed by atoms with Gasteiger partial charge in [0.15, 0.2) is 5.11 Å². The zero-order valence-electron chi connectivity index (χ0n) is 17.1. The van der Waals surface area contributed by atoms with E-state index in [4.69, 9.17) is 26.4 Å². The number of hydrogen-bond acceptors (Lipinski definition) is 5. The second-order valence-corrected chi connectivity index (χ2v) is 7.12. The van der Waals surface area contributed by atoms with Crippen LogP contribution in [-0.4, -0.2) is 37.4 Å². The predicted octanol–water partition coefficient (Wildman–Crippen LogP) is 4.26. The number of ether oxygens (including phenoxy) is 3. The largest absolute Gasteiger partial charge is 0.493 e. The molecular weight excluding hydrogens is 388 g/mol. The van der Waals surface area contributed by atoms with Crippen LogP contribution in [-0.2, 0) is 4.74 Å². The summed E-state index contributed by atoms with van der Waals surface area (Å²) in [6.07, 6.45) is 0. The Kier molecular flexibility index (Phi) is 9.40. The number of benzene rings is 2. The van der Waals surface area contributed by atoms with Crippen LogP contribution in [0.3, 0.4) is 0 Å². The molecule has 1 amide bonds. The van der Waals surface area contributed by atoms with E-state index in [0.29, 0.717) is 43.7 Å². The molecule has 156 valence electrons. The van der Waals surface area contributed by atoms with E-state index in [1.807, 2.05) is 31.2 Å². The maximum Gasteiger partial charge on any atom is 0.257 e. The second kappa shape index (κ2) is 12.0. The van der Waals surface area contributed by atoms with Crippen LogP contribution < -0.4 is 20.1 Å². The number of thiocarbonyl (C=S) groups is 1. The van der Waals surface area contributed by atoms with Crippen molar-refractivity contribution in [3.05, 3.63) is 54.1 Å². The minimum absolute atomic E-state index is 0.210. The van der Waals surface area contributed by atoms with E-state index in [9.17, 15) is 4.79 Å². The van der Waals surface area contributed by atoms with E-state index < -0.39 is 0 Å². The lowest BCUT2D eigenvalue weighted by Gasteiger charge is -2.12. The topological polar surface area (TPSA) is 68.8 Å². The number of rotatable bonds is 10. The summed E-state index contributed by atoms with van der Waals surface area (Å²) < 4.78 is 16.5. The standard InChI is InChI=1S/C22H28N2O4S/c1-4-26-12-13-27-20-7-5-6-18(14-20)23-22(29)24-21(25)17-8-10-19(11-9-17)28-15-16(2)3/h5-11,14,16H,4,12-13,15H2,1-3H3,(H2,23,24,25,29). The molecule has 0 fully saturated rings. The quantitative estimate of drug-likeness (QED) is 0.445. The van der Waals surface area contributed by atoms with Crippen molar-refractivity contribution in [1.82, 2.24) is 5.32 Å². The van der Waals surface area contributed by atoms with Crippen molar-refractivity contribution in [2.75, 3.05) is 31.7 Å². The molecular formula is C22H28N2O4S. The summed E-state index contributed by atoms with van der Waals surface area (Å²) in [5.74, 6) is 1.58. The van der Waals surface area contributed by atoms with Crippen molar-refractivity contribution in [2.24, 2.45) is 5.92 Å². The summed E-state index contributed by atoms with van der Waals surface area (Å²) >= 11 is 5.24. The van der Waals surface area contributed by atoms with Gasteiger partial charge in [0.05, 0.1) is 13.2 Å². The lowest BCUT2D eigenvalue weighted by molar-refractivity contribution is 0.0977. The van der Waals surface area contributed by atoms with Gasteiger partial charge in [0.25, 0.3) is 5.91 Å². The third-order valence-electron chi connectivity index (χ3n) is 3.72. The van der Waals surface area contributed by atoms with Crippen molar-refractivity contribution in [2.45, 2.75) is 20.8 Å². The zero-order chi connectivity index (χ0) is 21.1. The van der Waals surface area contributed by atoms with Crippen LogP contribution in [0.2, 0.25) is 0 Å². The lowest BCUT2D eigenvalue weighted by atomic mass is 10.2. The molecule has 0 aliphatic rings. The van der Waals surface area contributed by atoms with E-state index in [-0.39, 0.29) is 11.0 Å². The van der Waals surface area contributed by atoms with E-state index in [0.717, 1.165) is 11.4 Å². The highest BCUT2D eigenvalue weighted by atomic mass is 32.1. The smallest absolute Gasteiger partial charge is 0.257 e. The number of nitrogens with one attached hydrogen (secondary N) is 2. The Hall–Kier alpha value is -2.64. The predicted molar refractivity (Wildman–Crippen MR) is 119 cm³/mol. The van der Waals surface area contributed by atoms with Gasteiger partial charge in [-0.1, -0.05) is 19.9 Å². The molecule has 6 nitrogen and oxygen atoms in total. The average Bonchev–Trinajstić information content (AvgIpc) is 2.70. The number of amides is 1. The molecule has 0 heterocycles. The Bertz CT molecular complexity index is 794. The van der Waals surface area contributed by atoms with Crippen LogP contribution >= 0.6 is 12.2 Å². The fourth-order valence-electron chi connectivity index (χ4n) is 2.33. The maximum absolute atomic E-state index is 12.4. The monoisotopic (exact) mass is 416 g/mol. The first-order valence-corrected chi connectivity index (χ1v) is 10.0. The first-order chi connectivity index (χ1) is 14.0. The molecule has 0 saturated heterocycles. The minimum Gasteiger partial charge on any atom is -0.493 e. The van der Waals surface area contributed by atoms with Gasteiger partial charge in [-0.2, -0.15) is 0 Å². The molecule has 0 spiro atoms. The Morgan fingerprint density at radius 1 is 1.03 bits per heavy atom. The van der Waals surface area contributed by atoms with Gasteiger partial charge < -0.3 is 19.5 Å².